The summed E-state index contributed by atoms with van der Waals surface area (Å²) in [4.78, 5) is 4.87. The fourth-order valence-corrected chi connectivity index (χ4v) is 2.63. The van der Waals surface area contributed by atoms with Crippen molar-refractivity contribution in [2.75, 3.05) is 39.3 Å². The van der Waals surface area contributed by atoms with E-state index in [1.165, 1.54) is 25.1 Å². The first-order chi connectivity index (χ1) is 9.19. The van der Waals surface area contributed by atoms with Gasteiger partial charge in [-0.3, -0.25) is 4.90 Å². The average molecular weight is 265 g/mol. The predicted molar refractivity (Wildman–Crippen MR) is 76.5 cm³/mol. The van der Waals surface area contributed by atoms with Crippen LogP contribution in [0.3, 0.4) is 0 Å². The normalized spacial score (nSPS) is 19.5. The molecule has 1 aliphatic heterocycles. The van der Waals surface area contributed by atoms with E-state index in [9.17, 15) is 4.39 Å². The van der Waals surface area contributed by atoms with Crippen molar-refractivity contribution in [2.45, 2.75) is 19.4 Å². The maximum absolute atomic E-state index is 13.2. The molecule has 19 heavy (non-hydrogen) atoms. The second-order valence-electron chi connectivity index (χ2n) is 5.30. The highest BCUT2D eigenvalue weighted by Crippen LogP contribution is 2.14. The van der Waals surface area contributed by atoms with Crippen LogP contribution >= 0.6 is 0 Å². The van der Waals surface area contributed by atoms with Crippen molar-refractivity contribution < 1.29 is 4.39 Å². The molecule has 0 amide bonds. The van der Waals surface area contributed by atoms with E-state index < -0.39 is 0 Å². The zero-order valence-corrected chi connectivity index (χ0v) is 11.7. The third-order valence-electron chi connectivity index (χ3n) is 3.74. The Hall–Kier alpha value is -0.970. The monoisotopic (exact) mass is 265 g/mol. The van der Waals surface area contributed by atoms with Crippen molar-refractivity contribution in [1.29, 1.82) is 0 Å². The predicted octanol–water partition coefficient (Wildman–Crippen LogP) is 1.85. The van der Waals surface area contributed by atoms with Crippen LogP contribution in [0.15, 0.2) is 24.3 Å². The quantitative estimate of drug-likeness (QED) is 0.882. The summed E-state index contributed by atoms with van der Waals surface area (Å²) in [6, 6.07) is 6.52. The van der Waals surface area contributed by atoms with Crippen LogP contribution < -0.4 is 5.73 Å². The Morgan fingerprint density at radius 1 is 1.21 bits per heavy atom. The molecular weight excluding hydrogens is 241 g/mol. The van der Waals surface area contributed by atoms with Gasteiger partial charge in [-0.2, -0.15) is 0 Å². The number of hydrogen-bond donors (Lipinski definition) is 1. The zero-order valence-electron chi connectivity index (χ0n) is 11.7. The molecule has 1 aliphatic rings. The first-order valence-electron chi connectivity index (χ1n) is 7.15. The molecule has 0 saturated carbocycles. The van der Waals surface area contributed by atoms with Crippen LogP contribution in [0.1, 0.15) is 24.9 Å². The van der Waals surface area contributed by atoms with Crippen LogP contribution in [-0.2, 0) is 0 Å². The second-order valence-corrected chi connectivity index (χ2v) is 5.30. The summed E-state index contributed by atoms with van der Waals surface area (Å²) < 4.78 is 13.2. The lowest BCUT2D eigenvalue weighted by Crippen LogP contribution is -2.48. The average Bonchev–Trinajstić information content (AvgIpc) is 2.41. The minimum atomic E-state index is -0.208. The van der Waals surface area contributed by atoms with Crippen LogP contribution in [0.25, 0.3) is 0 Å². The molecule has 106 valence electrons. The van der Waals surface area contributed by atoms with Gasteiger partial charge in [0.05, 0.1) is 0 Å². The topological polar surface area (TPSA) is 32.5 Å². The molecule has 0 aromatic heterocycles. The lowest BCUT2D eigenvalue weighted by molar-refractivity contribution is 0.127. The molecule has 0 bridgehead atoms. The number of piperazine rings is 1. The third-order valence-corrected chi connectivity index (χ3v) is 3.74. The van der Waals surface area contributed by atoms with Gasteiger partial charge >= 0.3 is 0 Å². The van der Waals surface area contributed by atoms with Crippen LogP contribution in [0.4, 0.5) is 4.39 Å². The Balaban J connectivity index is 1.82. The van der Waals surface area contributed by atoms with E-state index in [0.29, 0.717) is 0 Å². The van der Waals surface area contributed by atoms with E-state index in [0.717, 1.165) is 38.3 Å². The minimum Gasteiger partial charge on any atom is -0.323 e. The SMILES string of the molecule is CCCN1CCN(CC(N)c2cccc(F)c2)CC1. The van der Waals surface area contributed by atoms with Gasteiger partial charge in [0, 0.05) is 38.8 Å². The van der Waals surface area contributed by atoms with Gasteiger partial charge in [0.2, 0.25) is 0 Å². The Labute approximate surface area is 115 Å². The first kappa shape index (κ1) is 14.4. The second kappa shape index (κ2) is 6.98. The van der Waals surface area contributed by atoms with Gasteiger partial charge in [0.25, 0.3) is 0 Å². The maximum Gasteiger partial charge on any atom is 0.123 e. The highest BCUT2D eigenvalue weighted by Gasteiger charge is 2.18. The minimum absolute atomic E-state index is 0.103. The molecule has 2 N–H and O–H groups in total. The first-order valence-corrected chi connectivity index (χ1v) is 7.15. The molecule has 0 aliphatic carbocycles. The summed E-state index contributed by atoms with van der Waals surface area (Å²) in [5, 5.41) is 0. The van der Waals surface area contributed by atoms with Gasteiger partial charge in [0.1, 0.15) is 5.82 Å². The van der Waals surface area contributed by atoms with Gasteiger partial charge in [-0.15, -0.1) is 0 Å². The van der Waals surface area contributed by atoms with Crippen molar-refractivity contribution in [3.8, 4) is 0 Å². The van der Waals surface area contributed by atoms with E-state index in [1.807, 2.05) is 6.07 Å². The molecule has 1 saturated heterocycles. The van der Waals surface area contributed by atoms with Crippen LogP contribution in [0.5, 0.6) is 0 Å². The van der Waals surface area contributed by atoms with Crippen LogP contribution in [0.2, 0.25) is 0 Å². The highest BCUT2D eigenvalue weighted by molar-refractivity contribution is 5.20. The van der Waals surface area contributed by atoms with Gasteiger partial charge < -0.3 is 10.6 Å². The largest absolute Gasteiger partial charge is 0.323 e. The molecule has 1 aromatic carbocycles. The molecule has 1 atom stereocenters. The summed E-state index contributed by atoms with van der Waals surface area (Å²) in [5.41, 5.74) is 7.05. The van der Waals surface area contributed by atoms with Crippen molar-refractivity contribution >= 4 is 0 Å². The Bertz CT molecular complexity index is 389. The fraction of sp³-hybridized carbons (Fsp3) is 0.600. The van der Waals surface area contributed by atoms with E-state index in [1.54, 1.807) is 6.07 Å². The molecule has 1 aromatic rings. The summed E-state index contributed by atoms with van der Waals surface area (Å²) in [5.74, 6) is -0.208. The number of halogens is 1. The fourth-order valence-electron chi connectivity index (χ4n) is 2.63. The van der Waals surface area contributed by atoms with Gasteiger partial charge in [-0.25, -0.2) is 4.39 Å². The molecule has 1 heterocycles. The van der Waals surface area contributed by atoms with Crippen molar-refractivity contribution in [1.82, 2.24) is 9.80 Å². The smallest absolute Gasteiger partial charge is 0.123 e. The molecule has 0 radical (unpaired) electrons. The third kappa shape index (κ3) is 4.27. The zero-order chi connectivity index (χ0) is 13.7. The van der Waals surface area contributed by atoms with E-state index >= 15 is 0 Å². The number of rotatable bonds is 5. The van der Waals surface area contributed by atoms with Gasteiger partial charge in [0.15, 0.2) is 0 Å². The maximum atomic E-state index is 13.2. The summed E-state index contributed by atoms with van der Waals surface area (Å²) in [6.07, 6.45) is 1.21. The number of nitrogens with two attached hydrogens (primary N) is 1. The van der Waals surface area contributed by atoms with E-state index in [4.69, 9.17) is 5.73 Å². The van der Waals surface area contributed by atoms with Crippen LogP contribution in [-0.4, -0.2) is 49.1 Å². The van der Waals surface area contributed by atoms with E-state index in [2.05, 4.69) is 16.7 Å². The Morgan fingerprint density at radius 2 is 1.89 bits per heavy atom. The van der Waals surface area contributed by atoms with E-state index in [-0.39, 0.29) is 11.9 Å². The van der Waals surface area contributed by atoms with Crippen LogP contribution in [0, 0.1) is 5.82 Å². The highest BCUT2D eigenvalue weighted by atomic mass is 19.1. The lowest BCUT2D eigenvalue weighted by atomic mass is 10.1. The molecule has 2 rings (SSSR count). The molecule has 1 unspecified atom stereocenters. The Kier molecular flexibility index (Phi) is 5.31. The molecule has 4 heteroatoms. The molecular formula is C15H24FN3. The van der Waals surface area contributed by atoms with Gasteiger partial charge in [-0.1, -0.05) is 19.1 Å². The summed E-state index contributed by atoms with van der Waals surface area (Å²) in [6.45, 7) is 8.55. The summed E-state index contributed by atoms with van der Waals surface area (Å²) in [7, 11) is 0. The molecule has 0 spiro atoms. The standard InChI is InChI=1S/C15H24FN3/c1-2-6-18-7-9-19(10-8-18)12-15(17)13-4-3-5-14(16)11-13/h3-5,11,15H,2,6-10,12,17H2,1H3. The van der Waals surface area contributed by atoms with Crippen molar-refractivity contribution in [2.24, 2.45) is 5.73 Å². The lowest BCUT2D eigenvalue weighted by Gasteiger charge is -2.35. The number of hydrogen-bond acceptors (Lipinski definition) is 3. The number of nitrogens with zero attached hydrogens (tertiary/aromatic N) is 2. The Morgan fingerprint density at radius 3 is 2.53 bits per heavy atom. The van der Waals surface area contributed by atoms with Crippen molar-refractivity contribution in [3.05, 3.63) is 35.6 Å². The number of benzene rings is 1. The molecule has 3 nitrogen and oxygen atoms in total. The summed E-state index contributed by atoms with van der Waals surface area (Å²) >= 11 is 0. The van der Waals surface area contributed by atoms with Gasteiger partial charge in [-0.05, 0) is 30.7 Å². The molecule has 1 fully saturated rings. The van der Waals surface area contributed by atoms with Crippen molar-refractivity contribution in [3.63, 3.8) is 0 Å².